The zero-order chi connectivity index (χ0) is 17.1. The number of rotatable bonds is 4. The maximum atomic E-state index is 12.1. The van der Waals surface area contributed by atoms with Gasteiger partial charge >= 0.3 is 0 Å². The Morgan fingerprint density at radius 2 is 2.12 bits per heavy atom. The first-order valence-corrected chi connectivity index (χ1v) is 7.62. The Bertz CT molecular complexity index is 846. The molecule has 2 aromatic heterocycles. The number of hydrogen-bond acceptors (Lipinski definition) is 5. The molecule has 0 spiro atoms. The van der Waals surface area contributed by atoms with Crippen LogP contribution in [0, 0.1) is 0 Å². The number of nitrogens with one attached hydrogen (secondary N) is 1. The Morgan fingerprint density at radius 1 is 1.29 bits per heavy atom. The van der Waals surface area contributed by atoms with Gasteiger partial charge in [0.05, 0.1) is 0 Å². The lowest BCUT2D eigenvalue weighted by Crippen LogP contribution is -2.28. The summed E-state index contributed by atoms with van der Waals surface area (Å²) in [4.78, 5) is 41.0. The number of hydrogen-bond donors (Lipinski definition) is 1. The average molecular weight is 327 g/mol. The molecule has 1 aliphatic heterocycles. The van der Waals surface area contributed by atoms with Crippen molar-refractivity contribution in [2.75, 3.05) is 11.4 Å². The molecule has 1 aliphatic rings. The van der Waals surface area contributed by atoms with Crippen molar-refractivity contribution in [1.29, 1.82) is 0 Å². The van der Waals surface area contributed by atoms with Gasteiger partial charge in [-0.3, -0.25) is 19.3 Å². The van der Waals surface area contributed by atoms with Crippen molar-refractivity contribution in [2.24, 2.45) is 7.05 Å². The molecule has 1 saturated heterocycles. The normalized spacial score (nSPS) is 14.0. The summed E-state index contributed by atoms with van der Waals surface area (Å²) >= 11 is 0. The molecule has 0 aliphatic carbocycles. The molecule has 0 atom stereocenters. The van der Waals surface area contributed by atoms with Crippen LogP contribution in [0.3, 0.4) is 0 Å². The van der Waals surface area contributed by atoms with E-state index in [0.29, 0.717) is 18.8 Å². The zero-order valence-corrected chi connectivity index (χ0v) is 13.2. The van der Waals surface area contributed by atoms with Crippen LogP contribution in [0.4, 0.5) is 5.82 Å². The second-order valence-corrected chi connectivity index (χ2v) is 5.53. The van der Waals surface area contributed by atoms with Gasteiger partial charge in [0.1, 0.15) is 11.5 Å². The summed E-state index contributed by atoms with van der Waals surface area (Å²) in [6.07, 6.45) is 2.99. The third-order valence-corrected chi connectivity index (χ3v) is 3.81. The summed E-state index contributed by atoms with van der Waals surface area (Å²) in [5.41, 5.74) is 0.722. The predicted molar refractivity (Wildman–Crippen MR) is 86.5 cm³/mol. The van der Waals surface area contributed by atoms with Crippen LogP contribution in [0.1, 0.15) is 28.9 Å². The van der Waals surface area contributed by atoms with Gasteiger partial charge in [-0.25, -0.2) is 9.67 Å². The Labute approximate surface area is 138 Å². The number of carbonyl (C=O) groups excluding carboxylic acids is 2. The highest BCUT2D eigenvalue weighted by atomic mass is 16.2. The third-order valence-electron chi connectivity index (χ3n) is 3.81. The fraction of sp³-hybridized carbons (Fsp3) is 0.312. The Kier molecular flexibility index (Phi) is 4.37. The molecule has 124 valence electrons. The van der Waals surface area contributed by atoms with E-state index in [1.165, 1.54) is 19.2 Å². The SMILES string of the molecule is Cn1nc(C(=O)NCc2ccnc(N3CCCC3=O)c2)ccc1=O. The molecular weight excluding hydrogens is 310 g/mol. The number of anilines is 1. The van der Waals surface area contributed by atoms with Gasteiger partial charge in [0.25, 0.3) is 11.5 Å². The zero-order valence-electron chi connectivity index (χ0n) is 13.2. The first kappa shape index (κ1) is 15.9. The summed E-state index contributed by atoms with van der Waals surface area (Å²) in [5.74, 6) is 0.295. The fourth-order valence-corrected chi connectivity index (χ4v) is 2.50. The van der Waals surface area contributed by atoms with Crippen LogP contribution < -0.4 is 15.8 Å². The van der Waals surface area contributed by atoms with E-state index in [4.69, 9.17) is 0 Å². The molecule has 1 N–H and O–H groups in total. The van der Waals surface area contributed by atoms with Crippen molar-refractivity contribution in [1.82, 2.24) is 20.1 Å². The fourth-order valence-electron chi connectivity index (χ4n) is 2.50. The highest BCUT2D eigenvalue weighted by Gasteiger charge is 2.22. The van der Waals surface area contributed by atoms with E-state index >= 15 is 0 Å². The van der Waals surface area contributed by atoms with Gasteiger partial charge in [-0.1, -0.05) is 0 Å². The Hall–Kier alpha value is -3.03. The molecule has 0 radical (unpaired) electrons. The van der Waals surface area contributed by atoms with Crippen molar-refractivity contribution < 1.29 is 9.59 Å². The Balaban J connectivity index is 1.68. The molecule has 8 heteroatoms. The van der Waals surface area contributed by atoms with Crippen LogP contribution in [0.5, 0.6) is 0 Å². The molecule has 3 heterocycles. The van der Waals surface area contributed by atoms with Crippen molar-refractivity contribution in [2.45, 2.75) is 19.4 Å². The smallest absolute Gasteiger partial charge is 0.271 e. The van der Waals surface area contributed by atoms with Crippen LogP contribution in [-0.4, -0.2) is 33.1 Å². The van der Waals surface area contributed by atoms with Crippen LogP contribution in [0.15, 0.2) is 35.3 Å². The number of aryl methyl sites for hydroxylation is 1. The number of aromatic nitrogens is 3. The van der Waals surface area contributed by atoms with Crippen LogP contribution >= 0.6 is 0 Å². The minimum atomic E-state index is -0.374. The van der Waals surface area contributed by atoms with E-state index in [0.717, 1.165) is 16.7 Å². The van der Waals surface area contributed by atoms with Gasteiger partial charge in [-0.05, 0) is 30.2 Å². The summed E-state index contributed by atoms with van der Waals surface area (Å²) in [6, 6.07) is 6.25. The number of nitrogens with zero attached hydrogens (tertiary/aromatic N) is 4. The average Bonchev–Trinajstić information content (AvgIpc) is 3.01. The van der Waals surface area contributed by atoms with Gasteiger partial charge < -0.3 is 5.32 Å². The summed E-state index contributed by atoms with van der Waals surface area (Å²) in [7, 11) is 1.49. The molecular formula is C16H17N5O3. The summed E-state index contributed by atoms with van der Waals surface area (Å²) in [5, 5.41) is 6.65. The van der Waals surface area contributed by atoms with E-state index in [9.17, 15) is 14.4 Å². The van der Waals surface area contributed by atoms with Crippen molar-refractivity contribution in [3.8, 4) is 0 Å². The van der Waals surface area contributed by atoms with Gasteiger partial charge in [0.2, 0.25) is 5.91 Å². The molecule has 24 heavy (non-hydrogen) atoms. The molecule has 3 rings (SSSR count). The molecule has 8 nitrogen and oxygen atoms in total. The van der Waals surface area contributed by atoms with E-state index < -0.39 is 0 Å². The van der Waals surface area contributed by atoms with Gasteiger partial charge in [-0.2, -0.15) is 5.10 Å². The van der Waals surface area contributed by atoms with Crippen LogP contribution in [0.2, 0.25) is 0 Å². The quantitative estimate of drug-likeness (QED) is 0.867. The second-order valence-electron chi connectivity index (χ2n) is 5.53. The summed E-state index contributed by atoms with van der Waals surface area (Å²) in [6.45, 7) is 0.949. The van der Waals surface area contributed by atoms with Crippen molar-refractivity contribution in [3.63, 3.8) is 0 Å². The lowest BCUT2D eigenvalue weighted by Gasteiger charge is -2.15. The molecule has 0 saturated carbocycles. The van der Waals surface area contributed by atoms with E-state index in [2.05, 4.69) is 15.4 Å². The largest absolute Gasteiger partial charge is 0.347 e. The molecule has 0 bridgehead atoms. The maximum Gasteiger partial charge on any atom is 0.271 e. The van der Waals surface area contributed by atoms with E-state index in [1.807, 2.05) is 0 Å². The lowest BCUT2D eigenvalue weighted by molar-refractivity contribution is -0.117. The van der Waals surface area contributed by atoms with Gasteiger partial charge in [0, 0.05) is 38.8 Å². The monoisotopic (exact) mass is 327 g/mol. The van der Waals surface area contributed by atoms with Crippen molar-refractivity contribution >= 4 is 17.6 Å². The molecule has 2 aromatic rings. The lowest BCUT2D eigenvalue weighted by atomic mass is 10.2. The van der Waals surface area contributed by atoms with E-state index in [1.54, 1.807) is 23.2 Å². The van der Waals surface area contributed by atoms with Gasteiger partial charge in [-0.15, -0.1) is 0 Å². The predicted octanol–water partition coefficient (Wildman–Crippen LogP) is 0.232. The highest BCUT2D eigenvalue weighted by molar-refractivity contribution is 5.94. The first-order chi connectivity index (χ1) is 11.5. The molecule has 0 aromatic carbocycles. The minimum Gasteiger partial charge on any atom is -0.347 e. The number of amides is 2. The second kappa shape index (κ2) is 6.61. The van der Waals surface area contributed by atoms with Crippen LogP contribution in [0.25, 0.3) is 0 Å². The molecule has 2 amide bonds. The topological polar surface area (TPSA) is 97.2 Å². The number of pyridine rings is 1. The maximum absolute atomic E-state index is 12.1. The van der Waals surface area contributed by atoms with E-state index in [-0.39, 0.29) is 29.6 Å². The Morgan fingerprint density at radius 3 is 2.83 bits per heavy atom. The highest BCUT2D eigenvalue weighted by Crippen LogP contribution is 2.19. The summed E-state index contributed by atoms with van der Waals surface area (Å²) < 4.78 is 1.11. The molecule has 1 fully saturated rings. The molecule has 0 unspecified atom stereocenters. The standard InChI is InChI=1S/C16H17N5O3/c1-20-14(22)5-4-12(19-20)16(24)18-10-11-6-7-17-13(9-11)21-8-2-3-15(21)23/h4-7,9H,2-3,8,10H2,1H3,(H,18,24). The van der Waals surface area contributed by atoms with Crippen molar-refractivity contribution in [3.05, 3.63) is 52.1 Å². The van der Waals surface area contributed by atoms with Crippen LogP contribution in [-0.2, 0) is 18.4 Å². The minimum absolute atomic E-state index is 0.0677. The first-order valence-electron chi connectivity index (χ1n) is 7.62. The third kappa shape index (κ3) is 3.32. The number of carbonyl (C=O) groups is 2. The van der Waals surface area contributed by atoms with Gasteiger partial charge in [0.15, 0.2) is 0 Å².